The van der Waals surface area contributed by atoms with Gasteiger partial charge in [0.15, 0.2) is 9.84 Å². The SMILES string of the molecule is CC(=O)N1C2CCC(C3CCC(S(=O)(=O)C(C)C)CC3)CC2C(C(=O)C2CC2)C[C@@H]1C. The highest BCUT2D eigenvalue weighted by Gasteiger charge is 2.51. The molecule has 0 radical (unpaired) electrons. The lowest BCUT2D eigenvalue weighted by molar-refractivity contribution is -0.148. The van der Waals surface area contributed by atoms with E-state index in [9.17, 15) is 18.0 Å². The summed E-state index contributed by atoms with van der Waals surface area (Å²) in [5.74, 6) is 2.45. The number of hydrogen-bond donors (Lipinski definition) is 0. The Labute approximate surface area is 188 Å². The van der Waals surface area contributed by atoms with Crippen molar-refractivity contribution < 1.29 is 18.0 Å². The fourth-order valence-corrected chi connectivity index (χ4v) is 8.93. The molecule has 5 nitrogen and oxygen atoms in total. The molecular weight excluding hydrogens is 410 g/mol. The van der Waals surface area contributed by atoms with Crippen LogP contribution in [-0.2, 0) is 19.4 Å². The van der Waals surface area contributed by atoms with Gasteiger partial charge in [-0.1, -0.05) is 0 Å². The number of ketones is 1. The molecule has 31 heavy (non-hydrogen) atoms. The van der Waals surface area contributed by atoms with Gasteiger partial charge in [0.2, 0.25) is 5.91 Å². The highest BCUT2D eigenvalue weighted by Crippen LogP contribution is 2.50. The first-order chi connectivity index (χ1) is 14.6. The van der Waals surface area contributed by atoms with E-state index in [2.05, 4.69) is 11.8 Å². The molecule has 0 aromatic rings. The Bertz CT molecular complexity index is 794. The second-order valence-electron chi connectivity index (χ2n) is 11.3. The molecular formula is C25H41NO4S. The van der Waals surface area contributed by atoms with E-state index in [1.165, 1.54) is 0 Å². The van der Waals surface area contributed by atoms with Gasteiger partial charge in [-0.3, -0.25) is 9.59 Å². The number of sulfone groups is 1. The number of carbonyl (C=O) groups is 2. The Balaban J connectivity index is 1.46. The van der Waals surface area contributed by atoms with Gasteiger partial charge in [-0.15, -0.1) is 0 Å². The Hall–Kier alpha value is -0.910. The minimum atomic E-state index is -3.01. The van der Waals surface area contributed by atoms with Gasteiger partial charge < -0.3 is 4.90 Å². The van der Waals surface area contributed by atoms with Crippen LogP contribution in [0.2, 0.25) is 0 Å². The number of rotatable bonds is 5. The molecule has 0 aromatic carbocycles. The van der Waals surface area contributed by atoms with Gasteiger partial charge in [0.1, 0.15) is 5.78 Å². The van der Waals surface area contributed by atoms with E-state index >= 15 is 0 Å². The molecule has 5 atom stereocenters. The summed E-state index contributed by atoms with van der Waals surface area (Å²) in [5.41, 5.74) is 0. The number of hydrogen-bond acceptors (Lipinski definition) is 4. The molecule has 0 bridgehead atoms. The Kier molecular flexibility index (Phi) is 6.60. The quantitative estimate of drug-likeness (QED) is 0.621. The predicted octanol–water partition coefficient (Wildman–Crippen LogP) is 4.39. The molecule has 1 heterocycles. The normalized spacial score (nSPS) is 39.3. The molecule has 4 fully saturated rings. The first-order valence-electron chi connectivity index (χ1n) is 12.7. The molecule has 4 aliphatic rings. The first kappa shape index (κ1) is 23.3. The number of Topliss-reactive ketones (excluding diaryl/α,β-unsaturated/α-hetero) is 1. The van der Waals surface area contributed by atoms with Crippen molar-refractivity contribution in [3.8, 4) is 0 Å². The van der Waals surface area contributed by atoms with E-state index in [0.29, 0.717) is 23.5 Å². The summed E-state index contributed by atoms with van der Waals surface area (Å²) in [6, 6.07) is 0.363. The third-order valence-corrected chi connectivity index (χ3v) is 11.8. The molecule has 1 saturated heterocycles. The Morgan fingerprint density at radius 2 is 1.48 bits per heavy atom. The summed E-state index contributed by atoms with van der Waals surface area (Å²) in [7, 11) is -3.01. The van der Waals surface area contributed by atoms with Crippen molar-refractivity contribution >= 4 is 21.5 Å². The predicted molar refractivity (Wildman–Crippen MR) is 122 cm³/mol. The average Bonchev–Trinajstić information content (AvgIpc) is 3.57. The van der Waals surface area contributed by atoms with Crippen molar-refractivity contribution in [3.63, 3.8) is 0 Å². The second kappa shape index (κ2) is 8.79. The van der Waals surface area contributed by atoms with Crippen molar-refractivity contribution in [2.75, 3.05) is 0 Å². The van der Waals surface area contributed by atoms with Gasteiger partial charge in [0, 0.05) is 30.8 Å². The summed E-state index contributed by atoms with van der Waals surface area (Å²) in [6.07, 6.45) is 9.63. The number of nitrogens with zero attached hydrogens (tertiary/aromatic N) is 1. The summed E-state index contributed by atoms with van der Waals surface area (Å²) in [5, 5.41) is -0.464. The maximum Gasteiger partial charge on any atom is 0.219 e. The number of fused-ring (bicyclic) bond motifs is 1. The first-order valence-corrected chi connectivity index (χ1v) is 14.3. The van der Waals surface area contributed by atoms with Crippen LogP contribution in [0.1, 0.15) is 91.9 Å². The Morgan fingerprint density at radius 1 is 0.871 bits per heavy atom. The van der Waals surface area contributed by atoms with E-state index in [4.69, 9.17) is 0 Å². The lowest BCUT2D eigenvalue weighted by atomic mass is 9.62. The smallest absolute Gasteiger partial charge is 0.219 e. The third kappa shape index (κ3) is 4.47. The van der Waals surface area contributed by atoms with Crippen LogP contribution >= 0.6 is 0 Å². The minimum absolute atomic E-state index is 0.114. The maximum atomic E-state index is 13.2. The van der Waals surface area contributed by atoms with Crippen LogP contribution in [0, 0.1) is 29.6 Å². The molecule has 3 saturated carbocycles. The van der Waals surface area contributed by atoms with Crippen LogP contribution in [0.3, 0.4) is 0 Å². The fourth-order valence-electron chi connectivity index (χ4n) is 7.23. The zero-order valence-electron chi connectivity index (χ0n) is 19.8. The van der Waals surface area contributed by atoms with E-state index in [1.807, 2.05) is 0 Å². The van der Waals surface area contributed by atoms with Gasteiger partial charge in [0.25, 0.3) is 0 Å². The van der Waals surface area contributed by atoms with Crippen molar-refractivity contribution in [1.29, 1.82) is 0 Å². The average molecular weight is 452 g/mol. The van der Waals surface area contributed by atoms with Crippen molar-refractivity contribution in [1.82, 2.24) is 4.90 Å². The van der Waals surface area contributed by atoms with Crippen LogP contribution in [0.25, 0.3) is 0 Å². The molecule has 3 aliphatic carbocycles. The number of carbonyl (C=O) groups excluding carboxylic acids is 2. The third-order valence-electron chi connectivity index (χ3n) is 9.06. The van der Waals surface area contributed by atoms with Gasteiger partial charge in [-0.25, -0.2) is 8.42 Å². The number of likely N-dealkylation sites (tertiary alicyclic amines) is 1. The monoisotopic (exact) mass is 451 g/mol. The zero-order chi connectivity index (χ0) is 22.5. The highest BCUT2D eigenvalue weighted by atomic mass is 32.2. The van der Waals surface area contributed by atoms with Crippen LogP contribution < -0.4 is 0 Å². The van der Waals surface area contributed by atoms with Crippen LogP contribution in [0.5, 0.6) is 0 Å². The molecule has 1 amide bonds. The standard InChI is InChI=1S/C25H41NO4S/c1-15(2)31(29,30)21-10-7-18(8-11-21)20-9-12-24-22(14-20)23(25(28)19-5-6-19)13-16(3)26(24)17(4)27/h15-16,18-24H,5-14H2,1-4H3/t16-,18?,20?,21?,22?,23?,24?/m0/s1. The molecule has 4 unspecified atom stereocenters. The van der Waals surface area contributed by atoms with E-state index in [1.54, 1.807) is 20.8 Å². The van der Waals surface area contributed by atoms with Crippen molar-refractivity contribution in [2.24, 2.45) is 29.6 Å². The minimum Gasteiger partial charge on any atom is -0.337 e. The summed E-state index contributed by atoms with van der Waals surface area (Å²) < 4.78 is 25.2. The largest absolute Gasteiger partial charge is 0.337 e. The van der Waals surface area contributed by atoms with Gasteiger partial charge >= 0.3 is 0 Å². The lowest BCUT2D eigenvalue weighted by Gasteiger charge is -2.53. The van der Waals surface area contributed by atoms with E-state index in [0.717, 1.165) is 64.2 Å². The lowest BCUT2D eigenvalue weighted by Crippen LogP contribution is -2.58. The molecule has 0 aromatic heterocycles. The van der Waals surface area contributed by atoms with Gasteiger partial charge in [0.05, 0.1) is 10.5 Å². The number of amides is 1. The Morgan fingerprint density at radius 3 is 2.03 bits per heavy atom. The molecule has 6 heteroatoms. The van der Waals surface area contributed by atoms with Crippen LogP contribution in [0.4, 0.5) is 0 Å². The van der Waals surface area contributed by atoms with Crippen LogP contribution in [0.15, 0.2) is 0 Å². The summed E-state index contributed by atoms with van der Waals surface area (Å²) >= 11 is 0. The molecule has 0 spiro atoms. The van der Waals surface area contributed by atoms with Crippen molar-refractivity contribution in [3.05, 3.63) is 0 Å². The second-order valence-corrected chi connectivity index (χ2v) is 14.1. The highest BCUT2D eigenvalue weighted by molar-refractivity contribution is 7.92. The van der Waals surface area contributed by atoms with Crippen LogP contribution in [-0.4, -0.2) is 47.6 Å². The van der Waals surface area contributed by atoms with Crippen molar-refractivity contribution in [2.45, 2.75) is 114 Å². The van der Waals surface area contributed by atoms with E-state index < -0.39 is 9.84 Å². The maximum absolute atomic E-state index is 13.2. The molecule has 1 aliphatic heterocycles. The fraction of sp³-hybridized carbons (Fsp3) is 0.920. The van der Waals surface area contributed by atoms with Gasteiger partial charge in [-0.05, 0) is 103 Å². The molecule has 176 valence electrons. The summed E-state index contributed by atoms with van der Waals surface area (Å²) in [6.45, 7) is 7.39. The number of piperidine rings is 1. The van der Waals surface area contributed by atoms with E-state index in [-0.39, 0.29) is 40.3 Å². The summed E-state index contributed by atoms with van der Waals surface area (Å²) in [4.78, 5) is 27.7. The molecule has 0 N–H and O–H groups in total. The topological polar surface area (TPSA) is 71.5 Å². The van der Waals surface area contributed by atoms with Gasteiger partial charge in [-0.2, -0.15) is 0 Å². The molecule has 4 rings (SSSR count). The zero-order valence-corrected chi connectivity index (χ0v) is 20.6.